The third-order valence-corrected chi connectivity index (χ3v) is 5.92. The van der Waals surface area contributed by atoms with Crippen molar-refractivity contribution in [3.8, 4) is 0 Å². The first-order valence-corrected chi connectivity index (χ1v) is 11.2. The van der Waals surface area contributed by atoms with Crippen LogP contribution < -0.4 is 10.2 Å². The number of anilines is 3. The lowest BCUT2D eigenvalue weighted by molar-refractivity contribution is -0.125. The number of halogens is 1. The Morgan fingerprint density at radius 2 is 2.12 bits per heavy atom. The van der Waals surface area contributed by atoms with Gasteiger partial charge in [0.15, 0.2) is 5.82 Å². The van der Waals surface area contributed by atoms with Gasteiger partial charge in [-0.05, 0) is 57.5 Å². The highest BCUT2D eigenvalue weighted by atomic mass is 19.1. The molecule has 10 heteroatoms. The van der Waals surface area contributed by atoms with Gasteiger partial charge in [-0.25, -0.2) is 19.9 Å². The summed E-state index contributed by atoms with van der Waals surface area (Å²) in [5.74, 6) is 0.239. The number of nitrogens with one attached hydrogen (secondary N) is 1. The summed E-state index contributed by atoms with van der Waals surface area (Å²) in [6.45, 7) is 10.7. The number of likely N-dealkylation sites (N-methyl/N-ethyl adjacent to an activating group) is 1. The first-order chi connectivity index (χ1) is 16.2. The fourth-order valence-electron chi connectivity index (χ4n) is 4.11. The molecule has 1 atom stereocenters. The molecule has 3 aromatic heterocycles. The van der Waals surface area contributed by atoms with E-state index in [2.05, 4.69) is 31.7 Å². The Kier molecular flexibility index (Phi) is 6.43. The summed E-state index contributed by atoms with van der Waals surface area (Å²) >= 11 is 0. The van der Waals surface area contributed by atoms with E-state index in [0.717, 1.165) is 12.2 Å². The number of hydrogen-bond donors (Lipinski definition) is 2. The predicted molar refractivity (Wildman–Crippen MR) is 128 cm³/mol. The predicted octanol–water partition coefficient (Wildman–Crippen LogP) is 3.14. The Hall–Kier alpha value is -3.66. The molecule has 0 spiro atoms. The van der Waals surface area contributed by atoms with Crippen LogP contribution in [-0.2, 0) is 10.4 Å². The molecule has 0 aromatic carbocycles. The molecule has 1 aliphatic rings. The van der Waals surface area contributed by atoms with Crippen LogP contribution in [-0.4, -0.2) is 61.5 Å². The quantitative estimate of drug-likeness (QED) is 0.405. The van der Waals surface area contributed by atoms with Gasteiger partial charge in [0.2, 0.25) is 11.9 Å². The molecule has 1 amide bonds. The van der Waals surface area contributed by atoms with Crippen molar-refractivity contribution in [2.75, 3.05) is 29.9 Å². The normalized spacial score (nSPS) is 16.0. The van der Waals surface area contributed by atoms with Crippen molar-refractivity contribution in [2.24, 2.45) is 0 Å². The standard InChI is InChI=1S/C24H28FN7O2/c1-5-20(33)31-12-11-15(13-31)32(6-2)19-10-8-16-21(30-19)23(27-14-26-16)28-17-7-9-18(24(3,4)34)29-22(17)25/h5,7-10,14-15,34H,1,6,11-13H2,2-4H3,(H,26,27,28)/t15-/m0/s1. The van der Waals surface area contributed by atoms with E-state index >= 15 is 0 Å². The molecule has 3 aromatic rings. The van der Waals surface area contributed by atoms with Crippen molar-refractivity contribution < 1.29 is 14.3 Å². The average molecular weight is 466 g/mol. The van der Waals surface area contributed by atoms with Crippen LogP contribution in [0.15, 0.2) is 43.2 Å². The van der Waals surface area contributed by atoms with Crippen molar-refractivity contribution in [2.45, 2.75) is 38.8 Å². The summed E-state index contributed by atoms with van der Waals surface area (Å²) < 4.78 is 14.7. The van der Waals surface area contributed by atoms with E-state index in [0.29, 0.717) is 36.5 Å². The Morgan fingerprint density at radius 3 is 2.79 bits per heavy atom. The van der Waals surface area contributed by atoms with E-state index in [9.17, 15) is 14.3 Å². The van der Waals surface area contributed by atoms with Crippen LogP contribution in [0.25, 0.3) is 11.0 Å². The van der Waals surface area contributed by atoms with Gasteiger partial charge >= 0.3 is 0 Å². The Bertz CT molecular complexity index is 1230. The number of rotatable bonds is 7. The number of aromatic nitrogens is 4. The average Bonchev–Trinajstić information content (AvgIpc) is 3.30. The molecule has 0 saturated carbocycles. The molecule has 2 N–H and O–H groups in total. The minimum atomic E-state index is -1.26. The third-order valence-electron chi connectivity index (χ3n) is 5.92. The van der Waals surface area contributed by atoms with Crippen molar-refractivity contribution in [1.29, 1.82) is 0 Å². The lowest BCUT2D eigenvalue weighted by Gasteiger charge is -2.29. The number of pyridine rings is 2. The van der Waals surface area contributed by atoms with Crippen LogP contribution in [0.3, 0.4) is 0 Å². The maximum absolute atomic E-state index is 14.7. The second-order valence-corrected chi connectivity index (χ2v) is 8.70. The minimum Gasteiger partial charge on any atom is -0.384 e. The zero-order chi connectivity index (χ0) is 24.5. The smallest absolute Gasteiger partial charge is 0.246 e. The topological polar surface area (TPSA) is 107 Å². The van der Waals surface area contributed by atoms with Gasteiger partial charge in [0.1, 0.15) is 23.3 Å². The fraction of sp³-hybridized carbons (Fsp3) is 0.375. The summed E-state index contributed by atoms with van der Waals surface area (Å²) in [6.07, 6.45) is 3.55. The molecule has 1 fully saturated rings. The van der Waals surface area contributed by atoms with Gasteiger partial charge in [-0.2, -0.15) is 4.39 Å². The first kappa shape index (κ1) is 23.5. The van der Waals surface area contributed by atoms with E-state index in [-0.39, 0.29) is 23.3 Å². The van der Waals surface area contributed by atoms with Gasteiger partial charge in [0.25, 0.3) is 0 Å². The van der Waals surface area contributed by atoms with Crippen LogP contribution in [0.1, 0.15) is 32.9 Å². The molecule has 4 heterocycles. The number of fused-ring (bicyclic) bond motifs is 1. The maximum Gasteiger partial charge on any atom is 0.246 e. The number of carbonyl (C=O) groups is 1. The summed E-state index contributed by atoms with van der Waals surface area (Å²) in [4.78, 5) is 33.2. The molecule has 0 aliphatic carbocycles. The Labute approximate surface area is 197 Å². The monoisotopic (exact) mass is 465 g/mol. The second kappa shape index (κ2) is 9.30. The van der Waals surface area contributed by atoms with E-state index in [1.807, 2.05) is 19.1 Å². The second-order valence-electron chi connectivity index (χ2n) is 8.70. The molecular formula is C24H28FN7O2. The summed E-state index contributed by atoms with van der Waals surface area (Å²) in [7, 11) is 0. The van der Waals surface area contributed by atoms with Gasteiger partial charge in [-0.1, -0.05) is 6.58 Å². The molecule has 9 nitrogen and oxygen atoms in total. The SMILES string of the molecule is C=CC(=O)N1CC[C@H](N(CC)c2ccc3ncnc(Nc4ccc(C(C)(C)O)nc4F)c3n2)C1. The Balaban J connectivity index is 1.64. The van der Waals surface area contributed by atoms with E-state index in [1.165, 1.54) is 18.5 Å². The minimum absolute atomic E-state index is 0.0730. The van der Waals surface area contributed by atoms with Crippen LogP contribution in [0, 0.1) is 5.95 Å². The number of likely N-dealkylation sites (tertiary alicyclic amines) is 1. The molecule has 0 radical (unpaired) electrons. The molecular weight excluding hydrogens is 437 g/mol. The molecule has 1 saturated heterocycles. The van der Waals surface area contributed by atoms with Gasteiger partial charge in [0, 0.05) is 25.7 Å². The van der Waals surface area contributed by atoms with Crippen molar-refractivity contribution in [3.05, 3.63) is 54.9 Å². The number of hydrogen-bond acceptors (Lipinski definition) is 8. The van der Waals surface area contributed by atoms with Crippen LogP contribution in [0.2, 0.25) is 0 Å². The zero-order valence-electron chi connectivity index (χ0n) is 19.5. The molecule has 0 unspecified atom stereocenters. The van der Waals surface area contributed by atoms with Crippen molar-refractivity contribution in [1.82, 2.24) is 24.8 Å². The highest BCUT2D eigenvalue weighted by molar-refractivity contribution is 5.88. The maximum atomic E-state index is 14.7. The molecule has 4 rings (SSSR count). The van der Waals surface area contributed by atoms with E-state index < -0.39 is 11.5 Å². The van der Waals surface area contributed by atoms with Crippen molar-refractivity contribution >= 4 is 34.3 Å². The summed E-state index contributed by atoms with van der Waals surface area (Å²) in [6, 6.07) is 6.93. The third kappa shape index (κ3) is 4.67. The zero-order valence-corrected chi connectivity index (χ0v) is 19.5. The number of carbonyl (C=O) groups excluding carboxylic acids is 1. The van der Waals surface area contributed by atoms with Gasteiger partial charge < -0.3 is 20.2 Å². The summed E-state index contributed by atoms with van der Waals surface area (Å²) in [5.41, 5.74) is 0.173. The summed E-state index contributed by atoms with van der Waals surface area (Å²) in [5, 5.41) is 13.0. The highest BCUT2D eigenvalue weighted by Crippen LogP contribution is 2.28. The van der Waals surface area contributed by atoms with Gasteiger partial charge in [-0.3, -0.25) is 4.79 Å². The molecule has 0 bridgehead atoms. The van der Waals surface area contributed by atoms with Crippen molar-refractivity contribution in [3.63, 3.8) is 0 Å². The lowest BCUT2D eigenvalue weighted by Crippen LogP contribution is -2.39. The van der Waals surface area contributed by atoms with Crippen LogP contribution in [0.4, 0.5) is 21.7 Å². The van der Waals surface area contributed by atoms with E-state index in [4.69, 9.17) is 4.98 Å². The largest absolute Gasteiger partial charge is 0.384 e. The fourth-order valence-corrected chi connectivity index (χ4v) is 4.11. The molecule has 178 valence electrons. The number of nitrogens with zero attached hydrogens (tertiary/aromatic N) is 6. The highest BCUT2D eigenvalue weighted by Gasteiger charge is 2.30. The van der Waals surface area contributed by atoms with E-state index in [1.54, 1.807) is 24.8 Å². The molecule has 34 heavy (non-hydrogen) atoms. The Morgan fingerprint density at radius 1 is 1.32 bits per heavy atom. The number of amides is 1. The van der Waals surface area contributed by atoms with Gasteiger partial charge in [-0.15, -0.1) is 0 Å². The van der Waals surface area contributed by atoms with Gasteiger partial charge in [0.05, 0.1) is 16.9 Å². The molecule has 1 aliphatic heterocycles. The van der Waals surface area contributed by atoms with Crippen LogP contribution in [0.5, 0.6) is 0 Å². The first-order valence-electron chi connectivity index (χ1n) is 11.2. The van der Waals surface area contributed by atoms with Crippen LogP contribution >= 0.6 is 0 Å². The number of aliphatic hydroxyl groups is 1. The lowest BCUT2D eigenvalue weighted by atomic mass is 10.0.